The number of carbonyl (C=O) groups is 5. The molecular weight excluding hydrogens is 474 g/mol. The van der Waals surface area contributed by atoms with Gasteiger partial charge in [-0.3, -0.25) is 24.0 Å². The van der Waals surface area contributed by atoms with Gasteiger partial charge < -0.3 is 26.6 Å². The molecule has 3 aliphatic rings. The number of nitrogens with one attached hydrogen (secondary N) is 3. The first kappa shape index (κ1) is 28.9. The maximum Gasteiger partial charge on any atom is 0.246 e. The van der Waals surface area contributed by atoms with Gasteiger partial charge in [0.1, 0.15) is 18.1 Å². The zero-order valence-electron chi connectivity index (χ0n) is 23.2. The van der Waals surface area contributed by atoms with Crippen LogP contribution >= 0.6 is 0 Å². The van der Waals surface area contributed by atoms with Crippen molar-refractivity contribution in [3.63, 3.8) is 0 Å². The highest BCUT2D eigenvalue weighted by Crippen LogP contribution is 2.47. The third-order valence-corrected chi connectivity index (χ3v) is 8.24. The molecule has 1 aliphatic carbocycles. The van der Waals surface area contributed by atoms with Crippen molar-refractivity contribution in [1.29, 1.82) is 0 Å². The molecule has 1 saturated carbocycles. The molecule has 0 aromatic carbocycles. The number of likely N-dealkylation sites (tertiary alicyclic amines) is 1. The van der Waals surface area contributed by atoms with Crippen LogP contribution < -0.4 is 21.7 Å². The summed E-state index contributed by atoms with van der Waals surface area (Å²) in [6, 6.07) is -2.60. The number of amides is 5. The Morgan fingerprint density at radius 2 is 1.70 bits per heavy atom. The van der Waals surface area contributed by atoms with Gasteiger partial charge in [0.25, 0.3) is 0 Å². The first-order valence-corrected chi connectivity index (χ1v) is 13.5. The van der Waals surface area contributed by atoms with E-state index in [0.29, 0.717) is 19.4 Å². The molecule has 208 valence electrons. The summed E-state index contributed by atoms with van der Waals surface area (Å²) in [7, 11) is 0. The van der Waals surface area contributed by atoms with Gasteiger partial charge in [0.15, 0.2) is 0 Å². The predicted molar refractivity (Wildman–Crippen MR) is 139 cm³/mol. The molecule has 2 aliphatic heterocycles. The third kappa shape index (κ3) is 6.82. The molecule has 2 heterocycles. The van der Waals surface area contributed by atoms with Gasteiger partial charge in [0, 0.05) is 24.9 Å². The number of carbonyl (C=O) groups excluding carboxylic acids is 5. The van der Waals surface area contributed by atoms with Crippen LogP contribution in [-0.4, -0.2) is 64.6 Å². The molecule has 0 unspecified atom stereocenters. The number of primary amides is 1. The zero-order chi connectivity index (χ0) is 27.8. The molecule has 4 atom stereocenters. The van der Waals surface area contributed by atoms with Gasteiger partial charge in [-0.2, -0.15) is 0 Å². The second-order valence-corrected chi connectivity index (χ2v) is 13.2. The molecule has 3 fully saturated rings. The summed E-state index contributed by atoms with van der Waals surface area (Å²) < 4.78 is 0. The van der Waals surface area contributed by atoms with Gasteiger partial charge in [0.2, 0.25) is 29.5 Å². The second-order valence-electron chi connectivity index (χ2n) is 13.2. The molecule has 0 aromatic heterocycles. The highest BCUT2D eigenvalue weighted by molar-refractivity contribution is 5.95. The van der Waals surface area contributed by atoms with Crippen molar-refractivity contribution in [2.75, 3.05) is 6.54 Å². The first-order chi connectivity index (χ1) is 17.0. The Kier molecular flexibility index (Phi) is 8.29. The van der Waals surface area contributed by atoms with Gasteiger partial charge in [-0.1, -0.05) is 40.0 Å². The topological polar surface area (TPSA) is 151 Å². The van der Waals surface area contributed by atoms with E-state index in [1.807, 2.05) is 34.6 Å². The Bertz CT molecular complexity index is 934. The number of hydrogen-bond acceptors (Lipinski definition) is 5. The minimum atomic E-state index is -1.02. The Hall–Kier alpha value is -2.65. The quantitative estimate of drug-likeness (QED) is 0.400. The summed E-state index contributed by atoms with van der Waals surface area (Å²) in [5, 5.41) is 8.48. The maximum absolute atomic E-state index is 13.9. The number of nitrogens with two attached hydrogens (primary N) is 1. The van der Waals surface area contributed by atoms with E-state index in [2.05, 4.69) is 16.0 Å². The molecule has 37 heavy (non-hydrogen) atoms. The standard InChI is InChI=1S/C27H45N5O5/c1-16(33)29-20(25(2,3)4)24(37)32-15-27(10-8-7-9-11-27)14-19(32)23(36)30-18(21(28)34)12-17-13-26(5,6)31-22(17)35/h17-20H,7-15H2,1-6H3,(H2,28,34)(H,29,33)(H,30,36)(H,31,35)/t17-,18+,19+,20-/m1/s1. The van der Waals surface area contributed by atoms with Crippen molar-refractivity contribution >= 4 is 29.5 Å². The molecule has 2 saturated heterocycles. The van der Waals surface area contributed by atoms with E-state index in [4.69, 9.17) is 5.73 Å². The minimum Gasteiger partial charge on any atom is -0.368 e. The van der Waals surface area contributed by atoms with Crippen molar-refractivity contribution in [2.24, 2.45) is 22.5 Å². The van der Waals surface area contributed by atoms with Crippen molar-refractivity contribution < 1.29 is 24.0 Å². The normalized spacial score (nSPS) is 26.3. The van der Waals surface area contributed by atoms with Gasteiger partial charge in [-0.05, 0) is 56.8 Å². The molecule has 1 spiro atoms. The molecular formula is C27H45N5O5. The monoisotopic (exact) mass is 519 g/mol. The van der Waals surface area contributed by atoms with Crippen molar-refractivity contribution in [1.82, 2.24) is 20.9 Å². The molecule has 10 nitrogen and oxygen atoms in total. The van der Waals surface area contributed by atoms with Crippen molar-refractivity contribution in [2.45, 2.75) is 117 Å². The summed E-state index contributed by atoms with van der Waals surface area (Å²) in [4.78, 5) is 65.8. The largest absolute Gasteiger partial charge is 0.368 e. The lowest BCUT2D eigenvalue weighted by atomic mass is 9.72. The molecule has 5 amide bonds. The molecule has 0 aromatic rings. The summed E-state index contributed by atoms with van der Waals surface area (Å²) in [5.74, 6) is -2.35. The number of hydrogen-bond donors (Lipinski definition) is 4. The van der Waals surface area contributed by atoms with Gasteiger partial charge in [0.05, 0.1) is 0 Å². The molecule has 3 rings (SSSR count). The van der Waals surface area contributed by atoms with E-state index in [1.165, 1.54) is 6.92 Å². The predicted octanol–water partition coefficient (Wildman–Crippen LogP) is 1.36. The Balaban J connectivity index is 1.84. The average molecular weight is 520 g/mol. The van der Waals surface area contributed by atoms with Crippen LogP contribution in [0.3, 0.4) is 0 Å². The fraction of sp³-hybridized carbons (Fsp3) is 0.815. The van der Waals surface area contributed by atoms with E-state index in [0.717, 1.165) is 32.1 Å². The lowest BCUT2D eigenvalue weighted by molar-refractivity contribution is -0.144. The lowest BCUT2D eigenvalue weighted by Crippen LogP contribution is -2.58. The van der Waals surface area contributed by atoms with Crippen LogP contribution in [0.5, 0.6) is 0 Å². The molecule has 0 radical (unpaired) electrons. The van der Waals surface area contributed by atoms with E-state index in [1.54, 1.807) is 4.90 Å². The highest BCUT2D eigenvalue weighted by Gasteiger charge is 2.51. The van der Waals surface area contributed by atoms with E-state index >= 15 is 0 Å². The molecule has 10 heteroatoms. The van der Waals surface area contributed by atoms with Crippen LogP contribution in [0, 0.1) is 16.7 Å². The fourth-order valence-electron chi connectivity index (χ4n) is 6.39. The van der Waals surface area contributed by atoms with Crippen LogP contribution in [0.1, 0.15) is 92.9 Å². The molecule has 0 bridgehead atoms. The molecule has 5 N–H and O–H groups in total. The first-order valence-electron chi connectivity index (χ1n) is 13.5. The Morgan fingerprint density at radius 3 is 2.19 bits per heavy atom. The van der Waals surface area contributed by atoms with Crippen molar-refractivity contribution in [3.05, 3.63) is 0 Å². The van der Waals surface area contributed by atoms with Crippen LogP contribution in [0.25, 0.3) is 0 Å². The fourth-order valence-corrected chi connectivity index (χ4v) is 6.39. The SMILES string of the molecule is CC(=O)N[C@H](C(=O)N1CC2(CCCCC2)C[C@H]1C(=O)N[C@@H](C[C@@H]1CC(C)(C)NC1=O)C(N)=O)C(C)(C)C. The van der Waals surface area contributed by atoms with Gasteiger partial charge in [-0.25, -0.2) is 0 Å². The summed E-state index contributed by atoms with van der Waals surface area (Å²) in [6.07, 6.45) is 6.22. The van der Waals surface area contributed by atoms with E-state index in [-0.39, 0.29) is 35.1 Å². The highest BCUT2D eigenvalue weighted by atomic mass is 16.2. The summed E-state index contributed by atoms with van der Waals surface area (Å²) >= 11 is 0. The minimum absolute atomic E-state index is 0.110. The Morgan fingerprint density at radius 1 is 1.08 bits per heavy atom. The van der Waals surface area contributed by atoms with E-state index in [9.17, 15) is 24.0 Å². The Labute approximate surface area is 220 Å². The number of nitrogens with zero attached hydrogens (tertiary/aromatic N) is 1. The van der Waals surface area contributed by atoms with Crippen LogP contribution in [0.4, 0.5) is 0 Å². The van der Waals surface area contributed by atoms with Crippen LogP contribution in [-0.2, 0) is 24.0 Å². The summed E-state index contributed by atoms with van der Waals surface area (Å²) in [6.45, 7) is 11.3. The van der Waals surface area contributed by atoms with Crippen molar-refractivity contribution in [3.8, 4) is 0 Å². The smallest absolute Gasteiger partial charge is 0.246 e. The van der Waals surface area contributed by atoms with Crippen LogP contribution in [0.2, 0.25) is 0 Å². The second kappa shape index (κ2) is 10.6. The van der Waals surface area contributed by atoms with Crippen LogP contribution in [0.15, 0.2) is 0 Å². The average Bonchev–Trinajstić information content (AvgIpc) is 3.26. The zero-order valence-corrected chi connectivity index (χ0v) is 23.2. The summed E-state index contributed by atoms with van der Waals surface area (Å²) in [5.41, 5.74) is 4.54. The third-order valence-electron chi connectivity index (χ3n) is 8.24. The number of rotatable bonds is 7. The van der Waals surface area contributed by atoms with Gasteiger partial charge in [-0.15, -0.1) is 0 Å². The lowest BCUT2D eigenvalue weighted by Gasteiger charge is -2.36. The van der Waals surface area contributed by atoms with E-state index < -0.39 is 41.3 Å². The van der Waals surface area contributed by atoms with Gasteiger partial charge >= 0.3 is 0 Å². The maximum atomic E-state index is 13.9.